The number of H-pyrrole nitrogens is 1. The molecule has 17 heteroatoms. The largest absolute Gasteiger partial charge is 0.453 e. The summed E-state index contributed by atoms with van der Waals surface area (Å²) in [5.74, 6) is -2.19. The number of rotatable bonds is 13. The van der Waals surface area contributed by atoms with E-state index in [4.69, 9.17) is 21.1 Å². The number of allylic oxidation sites excluding steroid dienone is 1. The maximum absolute atomic E-state index is 17.1. The van der Waals surface area contributed by atoms with E-state index in [0.717, 1.165) is 94.8 Å². The van der Waals surface area contributed by atoms with Crippen LogP contribution in [0, 0.1) is 21.3 Å². The molecule has 0 radical (unpaired) electrons. The van der Waals surface area contributed by atoms with Crippen LogP contribution in [0.1, 0.15) is 74.7 Å². The van der Waals surface area contributed by atoms with Gasteiger partial charge in [0.2, 0.25) is 0 Å². The topological polar surface area (TPSA) is 162 Å². The highest BCUT2D eigenvalue weighted by Gasteiger charge is 2.33. The van der Waals surface area contributed by atoms with Crippen LogP contribution >= 0.6 is 11.6 Å². The molecule has 3 aliphatic heterocycles. The molecular weight excluding hydrogens is 897 g/mol. The molecule has 67 heavy (non-hydrogen) atoms. The molecule has 3 N–H and O–H groups in total. The third-order valence-corrected chi connectivity index (χ3v) is 15.5. The summed E-state index contributed by atoms with van der Waals surface area (Å²) in [5.41, 5.74) is 4.55. The van der Waals surface area contributed by atoms with Crippen LogP contribution in [0.2, 0.25) is 5.02 Å². The van der Waals surface area contributed by atoms with Crippen LogP contribution in [0.15, 0.2) is 95.5 Å². The predicted octanol–water partition coefficient (Wildman–Crippen LogP) is 9.62. The molecule has 3 saturated heterocycles. The molecule has 0 atom stereocenters. The van der Waals surface area contributed by atoms with Crippen molar-refractivity contribution in [3.8, 4) is 11.5 Å². The van der Waals surface area contributed by atoms with Crippen LogP contribution in [0.3, 0.4) is 0 Å². The molecule has 14 nitrogen and oxygen atoms in total. The van der Waals surface area contributed by atoms with Crippen molar-refractivity contribution in [3.05, 3.63) is 123 Å². The smallest absolute Gasteiger partial charge is 0.293 e. The van der Waals surface area contributed by atoms with E-state index in [1.165, 1.54) is 41.0 Å². The Balaban J connectivity index is 0.923. The Hall–Kier alpha value is -5.52. The lowest BCUT2D eigenvalue weighted by Gasteiger charge is -2.39. The fourth-order valence-electron chi connectivity index (χ4n) is 10.0. The first-order chi connectivity index (χ1) is 32.2. The van der Waals surface area contributed by atoms with Crippen LogP contribution in [0.4, 0.5) is 21.5 Å². The minimum atomic E-state index is -4.69. The van der Waals surface area contributed by atoms with Crippen LogP contribution in [0.5, 0.6) is 11.5 Å². The average Bonchev–Trinajstić information content (AvgIpc) is 3.79. The molecule has 4 heterocycles. The van der Waals surface area contributed by atoms with E-state index in [1.807, 2.05) is 27.8 Å². The molecule has 354 valence electrons. The summed E-state index contributed by atoms with van der Waals surface area (Å²) in [5, 5.41) is 17.1. The van der Waals surface area contributed by atoms with E-state index in [9.17, 15) is 23.3 Å². The van der Waals surface area contributed by atoms with Crippen molar-refractivity contribution in [1.29, 1.82) is 0 Å². The van der Waals surface area contributed by atoms with E-state index >= 15 is 4.39 Å². The number of anilines is 2. The second-order valence-corrected chi connectivity index (χ2v) is 21.1. The molecule has 1 amide bonds. The molecule has 5 aromatic rings. The van der Waals surface area contributed by atoms with Crippen molar-refractivity contribution in [3.63, 3.8) is 0 Å². The number of piperidine rings is 1. The quantitative estimate of drug-likeness (QED) is 0.0761. The molecular formula is C50H57ClFN7O7S. The van der Waals surface area contributed by atoms with Crippen molar-refractivity contribution >= 4 is 61.1 Å². The van der Waals surface area contributed by atoms with Gasteiger partial charge < -0.3 is 29.6 Å². The molecule has 0 bridgehead atoms. The third kappa shape index (κ3) is 10.6. The number of ether oxygens (including phenoxy) is 2. The lowest BCUT2D eigenvalue weighted by Crippen LogP contribution is -2.47. The molecule has 3 fully saturated rings. The molecule has 4 aliphatic rings. The Labute approximate surface area is 395 Å². The predicted molar refractivity (Wildman–Crippen MR) is 259 cm³/mol. The zero-order valence-electron chi connectivity index (χ0n) is 37.9. The Bertz CT molecular complexity index is 2780. The SMILES string of the molecule is CC1(C)CCC(CN2CCN(c3ccc(C(=O)NS(=O)(=O)c4ccc(NC5CCN(C6CCOCC6)CC5)c([N+](=O)[O-])c4)c(Oc4ccc5[nH]ccc5c4)c3F)CC2)=C(c2ccc(Cl)cc2)C1. The lowest BCUT2D eigenvalue weighted by atomic mass is 9.72. The molecule has 1 aromatic heterocycles. The number of carbonyl (C=O) groups excluding carboxylic acids is 1. The number of benzene rings is 4. The molecule has 0 saturated carbocycles. The number of aromatic amines is 1. The molecule has 4 aromatic carbocycles. The molecule has 0 spiro atoms. The van der Waals surface area contributed by atoms with Gasteiger partial charge in [0.05, 0.1) is 21.1 Å². The summed E-state index contributed by atoms with van der Waals surface area (Å²) < 4.78 is 58.4. The summed E-state index contributed by atoms with van der Waals surface area (Å²) in [6, 6.07) is 21.7. The second-order valence-electron chi connectivity index (χ2n) is 19.0. The van der Waals surface area contributed by atoms with E-state index in [-0.39, 0.29) is 34.1 Å². The Morgan fingerprint density at radius 3 is 2.43 bits per heavy atom. The van der Waals surface area contributed by atoms with Gasteiger partial charge in [-0.25, -0.2) is 17.5 Å². The van der Waals surface area contributed by atoms with Gasteiger partial charge in [0.1, 0.15) is 11.4 Å². The number of hydrogen-bond donors (Lipinski definition) is 3. The number of nitro benzene ring substituents is 1. The maximum Gasteiger partial charge on any atom is 0.293 e. The van der Waals surface area contributed by atoms with Gasteiger partial charge in [-0.15, -0.1) is 0 Å². The summed E-state index contributed by atoms with van der Waals surface area (Å²) in [6.07, 6.45) is 8.31. The zero-order chi connectivity index (χ0) is 46.9. The van der Waals surface area contributed by atoms with Crippen molar-refractivity contribution in [2.75, 3.05) is 69.2 Å². The molecule has 0 unspecified atom stereocenters. The summed E-state index contributed by atoms with van der Waals surface area (Å²) in [4.78, 5) is 35.1. The lowest BCUT2D eigenvalue weighted by molar-refractivity contribution is -0.384. The first-order valence-electron chi connectivity index (χ1n) is 23.2. The van der Waals surface area contributed by atoms with E-state index in [0.29, 0.717) is 37.2 Å². The van der Waals surface area contributed by atoms with Crippen molar-refractivity contribution < 1.29 is 32.0 Å². The Morgan fingerprint density at radius 2 is 1.70 bits per heavy atom. The zero-order valence-corrected chi connectivity index (χ0v) is 39.4. The van der Waals surface area contributed by atoms with Crippen molar-refractivity contribution in [2.24, 2.45) is 5.41 Å². The number of fused-ring (bicyclic) bond motifs is 1. The third-order valence-electron chi connectivity index (χ3n) is 13.9. The van der Waals surface area contributed by atoms with Crippen molar-refractivity contribution in [2.45, 2.75) is 75.8 Å². The number of hydrogen-bond acceptors (Lipinski definition) is 11. The number of sulfonamides is 1. The van der Waals surface area contributed by atoms with Crippen LogP contribution in [-0.2, 0) is 14.8 Å². The number of likely N-dealkylation sites (tertiary alicyclic amines) is 1. The van der Waals surface area contributed by atoms with Gasteiger partial charge in [-0.3, -0.25) is 19.8 Å². The van der Waals surface area contributed by atoms with Gasteiger partial charge in [-0.05, 0) is 122 Å². The number of carbonyl (C=O) groups is 1. The van der Waals surface area contributed by atoms with Gasteiger partial charge in [-0.2, -0.15) is 0 Å². The van der Waals surface area contributed by atoms with E-state index in [1.54, 1.807) is 24.4 Å². The number of aromatic nitrogens is 1. The van der Waals surface area contributed by atoms with Gasteiger partial charge in [-0.1, -0.05) is 43.2 Å². The monoisotopic (exact) mass is 953 g/mol. The summed E-state index contributed by atoms with van der Waals surface area (Å²) in [6.45, 7) is 10.9. The number of nitrogens with zero attached hydrogens (tertiary/aromatic N) is 4. The van der Waals surface area contributed by atoms with Gasteiger partial charge in [0, 0.05) is 99.3 Å². The van der Waals surface area contributed by atoms with Gasteiger partial charge in [0.15, 0.2) is 11.6 Å². The number of nitro groups is 1. The van der Waals surface area contributed by atoms with Crippen LogP contribution in [-0.4, -0.2) is 105 Å². The van der Waals surface area contributed by atoms with Crippen LogP contribution in [0.25, 0.3) is 16.5 Å². The number of halogens is 2. The highest BCUT2D eigenvalue weighted by molar-refractivity contribution is 7.90. The highest BCUT2D eigenvalue weighted by atomic mass is 35.5. The summed E-state index contributed by atoms with van der Waals surface area (Å²) in [7, 11) is -4.69. The highest BCUT2D eigenvalue weighted by Crippen LogP contribution is 2.44. The Kier molecular flexibility index (Phi) is 13.6. The van der Waals surface area contributed by atoms with E-state index < -0.39 is 43.0 Å². The van der Waals surface area contributed by atoms with Crippen molar-refractivity contribution in [1.82, 2.24) is 19.5 Å². The van der Waals surface area contributed by atoms with Gasteiger partial charge >= 0.3 is 0 Å². The van der Waals surface area contributed by atoms with Gasteiger partial charge in [0.25, 0.3) is 21.6 Å². The average molecular weight is 955 g/mol. The fourth-order valence-corrected chi connectivity index (χ4v) is 11.1. The standard InChI is InChI=1S/C50H57ClFN7O7S/c1-50(2)19-13-35(42(31-50)33-3-5-36(51)6-4-33)32-56-23-25-58(26-24-56)45-12-9-41(48(47(45)52)66-39-7-10-43-34(29-39)14-20-53-43)49(60)55-67(63,64)40-8-11-44(46(30-40)59(61)62)54-37-15-21-57(22-16-37)38-17-27-65-28-18-38/h3-12,14,20,29-30,37-38,53-54H,13,15-19,21-28,31-32H2,1-2H3,(H,55,60). The summed E-state index contributed by atoms with van der Waals surface area (Å²) >= 11 is 6.24. The number of piperazine rings is 1. The van der Waals surface area contributed by atoms with Crippen LogP contribution < -0.4 is 19.7 Å². The Morgan fingerprint density at radius 1 is 0.955 bits per heavy atom. The molecule has 1 aliphatic carbocycles. The fraction of sp³-hybridized carbons (Fsp3) is 0.420. The minimum Gasteiger partial charge on any atom is -0.453 e. The molecule has 9 rings (SSSR count). The first-order valence-corrected chi connectivity index (χ1v) is 25.0. The number of amides is 1. The number of nitrogens with one attached hydrogen (secondary N) is 3. The first kappa shape index (κ1) is 46.6. The second kappa shape index (κ2) is 19.6. The minimum absolute atomic E-state index is 0.0453. The van der Waals surface area contributed by atoms with E-state index in [2.05, 4.69) is 46.1 Å². The normalized spacial score (nSPS) is 19.1. The maximum atomic E-state index is 17.1.